The molecule has 5 nitrogen and oxygen atoms in total. The largest absolute Gasteiger partial charge is 0.398 e. The molecule has 1 aromatic heterocycles. The Balaban J connectivity index is 2.71. The zero-order valence-corrected chi connectivity index (χ0v) is 10.6. The highest BCUT2D eigenvalue weighted by atomic mass is 32.2. The van der Waals surface area contributed by atoms with E-state index in [0.29, 0.717) is 11.3 Å². The van der Waals surface area contributed by atoms with Gasteiger partial charge in [0.25, 0.3) is 0 Å². The van der Waals surface area contributed by atoms with Crippen LogP contribution in [0.5, 0.6) is 0 Å². The monoisotopic (exact) mass is 263 g/mol. The maximum Gasteiger partial charge on any atom is 0.240 e. The fourth-order valence-electron chi connectivity index (χ4n) is 1.75. The van der Waals surface area contributed by atoms with Gasteiger partial charge in [0.15, 0.2) is 0 Å². The summed E-state index contributed by atoms with van der Waals surface area (Å²) in [7, 11) is -3.83. The minimum Gasteiger partial charge on any atom is -0.398 e. The third-order valence-electron chi connectivity index (χ3n) is 2.60. The quantitative estimate of drug-likeness (QED) is 0.797. The number of benzene rings is 1. The van der Waals surface area contributed by atoms with Gasteiger partial charge < -0.3 is 5.73 Å². The summed E-state index contributed by atoms with van der Waals surface area (Å²) in [6.07, 6.45) is 1.64. The van der Waals surface area contributed by atoms with E-state index in [1.165, 1.54) is 6.07 Å². The van der Waals surface area contributed by atoms with E-state index < -0.39 is 10.0 Å². The van der Waals surface area contributed by atoms with E-state index in [-0.39, 0.29) is 10.6 Å². The van der Waals surface area contributed by atoms with E-state index in [1.54, 1.807) is 24.4 Å². The number of nitrogens with zero attached hydrogens (tertiary/aromatic N) is 1. The van der Waals surface area contributed by atoms with Crippen LogP contribution in [0.15, 0.2) is 41.4 Å². The molecule has 0 saturated heterocycles. The molecule has 0 aliphatic rings. The number of hydrogen-bond acceptors (Lipinski definition) is 4. The topological polar surface area (TPSA) is 99.1 Å². The first kappa shape index (κ1) is 12.5. The van der Waals surface area contributed by atoms with Gasteiger partial charge in [-0.1, -0.05) is 6.07 Å². The maximum absolute atomic E-state index is 11.4. The van der Waals surface area contributed by atoms with Crippen LogP contribution >= 0.6 is 0 Å². The van der Waals surface area contributed by atoms with Crippen LogP contribution in [0.4, 0.5) is 5.69 Å². The molecule has 18 heavy (non-hydrogen) atoms. The molecule has 6 heteroatoms. The molecule has 0 radical (unpaired) electrons. The Morgan fingerprint density at radius 2 is 1.94 bits per heavy atom. The molecule has 0 spiro atoms. The molecule has 0 saturated carbocycles. The summed E-state index contributed by atoms with van der Waals surface area (Å²) < 4.78 is 22.9. The third kappa shape index (κ3) is 2.34. The van der Waals surface area contributed by atoms with Crippen LogP contribution in [-0.2, 0) is 10.0 Å². The van der Waals surface area contributed by atoms with Gasteiger partial charge in [-0.3, -0.25) is 4.98 Å². The van der Waals surface area contributed by atoms with E-state index in [1.807, 2.05) is 13.0 Å². The van der Waals surface area contributed by atoms with E-state index in [9.17, 15) is 8.42 Å². The van der Waals surface area contributed by atoms with Crippen molar-refractivity contribution in [1.82, 2.24) is 4.98 Å². The Morgan fingerprint density at radius 1 is 1.22 bits per heavy atom. The van der Waals surface area contributed by atoms with E-state index in [4.69, 9.17) is 10.9 Å². The highest BCUT2D eigenvalue weighted by Crippen LogP contribution is 2.28. The number of nitrogens with two attached hydrogens (primary N) is 2. The predicted molar refractivity (Wildman–Crippen MR) is 70.2 cm³/mol. The number of nitrogen functional groups attached to an aromatic ring is 1. The van der Waals surface area contributed by atoms with Gasteiger partial charge in [-0.2, -0.15) is 0 Å². The first-order valence-corrected chi connectivity index (χ1v) is 6.78. The fraction of sp³-hybridized carbons (Fsp3) is 0.0833. The van der Waals surface area contributed by atoms with Gasteiger partial charge in [-0.05, 0) is 36.8 Å². The van der Waals surface area contributed by atoms with Gasteiger partial charge in [0.2, 0.25) is 10.0 Å². The summed E-state index contributed by atoms with van der Waals surface area (Å²) in [5.74, 6) is 0. The first-order valence-electron chi connectivity index (χ1n) is 5.24. The predicted octanol–water partition coefficient (Wildman–Crippen LogP) is 1.29. The van der Waals surface area contributed by atoms with Crippen molar-refractivity contribution in [2.75, 3.05) is 5.73 Å². The second-order valence-corrected chi connectivity index (χ2v) is 5.49. The summed E-state index contributed by atoms with van der Waals surface area (Å²) >= 11 is 0. The lowest BCUT2D eigenvalue weighted by Crippen LogP contribution is -2.14. The number of aromatic nitrogens is 1. The summed E-state index contributed by atoms with van der Waals surface area (Å²) in [6, 6.07) is 8.46. The highest BCUT2D eigenvalue weighted by Gasteiger charge is 2.15. The normalized spacial score (nSPS) is 11.4. The standard InChI is InChI=1S/C12H13N3O2S/c1-8-6-10(13)12(18(14,16)17)7-9(8)11-4-2-3-5-15-11/h2-7H,13H2,1H3,(H2,14,16,17). The molecule has 2 aromatic rings. The Kier molecular flexibility index (Phi) is 3.06. The third-order valence-corrected chi connectivity index (χ3v) is 3.57. The molecule has 0 amide bonds. The van der Waals surface area contributed by atoms with Crippen molar-refractivity contribution in [2.45, 2.75) is 11.8 Å². The van der Waals surface area contributed by atoms with Crippen LogP contribution in [0.2, 0.25) is 0 Å². The molecule has 0 atom stereocenters. The Labute approximate surface area is 106 Å². The average molecular weight is 263 g/mol. The summed E-state index contributed by atoms with van der Waals surface area (Å²) in [5.41, 5.74) is 8.05. The molecular formula is C12H13N3O2S. The van der Waals surface area contributed by atoms with E-state index in [0.717, 1.165) is 5.56 Å². The molecule has 4 N–H and O–H groups in total. The number of hydrogen-bond donors (Lipinski definition) is 2. The SMILES string of the molecule is Cc1cc(N)c(S(N)(=O)=O)cc1-c1ccccn1. The van der Waals surface area contributed by atoms with Crippen molar-refractivity contribution in [3.8, 4) is 11.3 Å². The molecule has 1 heterocycles. The first-order chi connectivity index (χ1) is 8.39. The summed E-state index contributed by atoms with van der Waals surface area (Å²) in [6.45, 7) is 1.84. The van der Waals surface area contributed by atoms with Crippen LogP contribution in [0.25, 0.3) is 11.3 Å². The number of rotatable bonds is 2. The number of anilines is 1. The second-order valence-electron chi connectivity index (χ2n) is 3.96. The van der Waals surface area contributed by atoms with E-state index >= 15 is 0 Å². The van der Waals surface area contributed by atoms with Crippen molar-refractivity contribution in [1.29, 1.82) is 0 Å². The Morgan fingerprint density at radius 3 is 2.50 bits per heavy atom. The lowest BCUT2D eigenvalue weighted by Gasteiger charge is -2.10. The molecule has 1 aromatic carbocycles. The second kappa shape index (κ2) is 4.40. The van der Waals surface area contributed by atoms with Gasteiger partial charge in [0.05, 0.1) is 11.4 Å². The van der Waals surface area contributed by atoms with Gasteiger partial charge in [-0.15, -0.1) is 0 Å². The van der Waals surface area contributed by atoms with Crippen LogP contribution < -0.4 is 10.9 Å². The smallest absolute Gasteiger partial charge is 0.240 e. The highest BCUT2D eigenvalue weighted by molar-refractivity contribution is 7.89. The van der Waals surface area contributed by atoms with Crippen molar-refractivity contribution < 1.29 is 8.42 Å². The van der Waals surface area contributed by atoms with Crippen molar-refractivity contribution in [3.63, 3.8) is 0 Å². The van der Waals surface area contributed by atoms with Gasteiger partial charge >= 0.3 is 0 Å². The summed E-state index contributed by atoms with van der Waals surface area (Å²) in [4.78, 5) is 4.11. The van der Waals surface area contributed by atoms with Gasteiger partial charge in [-0.25, -0.2) is 13.6 Å². The number of primary sulfonamides is 1. The molecular weight excluding hydrogens is 250 g/mol. The van der Waals surface area contributed by atoms with Crippen LogP contribution in [0.3, 0.4) is 0 Å². The van der Waals surface area contributed by atoms with Gasteiger partial charge in [0.1, 0.15) is 4.90 Å². The zero-order valence-electron chi connectivity index (χ0n) is 9.79. The summed E-state index contributed by atoms with van der Waals surface area (Å²) in [5, 5.41) is 5.13. The van der Waals surface area contributed by atoms with Crippen molar-refractivity contribution in [3.05, 3.63) is 42.1 Å². The lowest BCUT2D eigenvalue weighted by molar-refractivity contribution is 0.598. The molecule has 2 rings (SSSR count). The number of aryl methyl sites for hydroxylation is 1. The Bertz CT molecular complexity index is 682. The molecule has 0 aliphatic carbocycles. The minimum absolute atomic E-state index is 0.0752. The van der Waals surface area contributed by atoms with Crippen molar-refractivity contribution in [2.24, 2.45) is 5.14 Å². The minimum atomic E-state index is -3.83. The van der Waals surface area contributed by atoms with E-state index in [2.05, 4.69) is 4.98 Å². The lowest BCUT2D eigenvalue weighted by atomic mass is 10.0. The van der Waals surface area contributed by atoms with Crippen molar-refractivity contribution >= 4 is 15.7 Å². The molecule has 0 fully saturated rings. The van der Waals surface area contributed by atoms with Crippen LogP contribution in [0.1, 0.15) is 5.56 Å². The fourth-order valence-corrected chi connectivity index (χ4v) is 2.42. The number of pyridine rings is 1. The maximum atomic E-state index is 11.4. The molecule has 0 bridgehead atoms. The van der Waals surface area contributed by atoms with Crippen LogP contribution in [-0.4, -0.2) is 13.4 Å². The number of sulfonamides is 1. The zero-order chi connectivity index (χ0) is 13.3. The Hall–Kier alpha value is -1.92. The average Bonchev–Trinajstić information content (AvgIpc) is 2.28. The molecule has 0 unspecified atom stereocenters. The van der Waals surface area contributed by atoms with Gasteiger partial charge in [0, 0.05) is 11.8 Å². The van der Waals surface area contributed by atoms with Crippen LogP contribution in [0, 0.1) is 6.92 Å². The molecule has 0 aliphatic heterocycles. The molecule has 94 valence electrons.